The molecule has 0 radical (unpaired) electrons. The van der Waals surface area contributed by atoms with E-state index in [1.54, 1.807) is 22.8 Å². The van der Waals surface area contributed by atoms with E-state index in [1.165, 1.54) is 5.56 Å². The molecule has 5 rings (SSSR count). The van der Waals surface area contributed by atoms with Crippen molar-refractivity contribution < 1.29 is 14.3 Å². The number of amides is 2. The minimum absolute atomic E-state index is 0.0147. The fourth-order valence-electron chi connectivity index (χ4n) is 5.33. The van der Waals surface area contributed by atoms with Crippen LogP contribution < -0.4 is 0 Å². The Morgan fingerprint density at radius 3 is 2.90 bits per heavy atom. The summed E-state index contributed by atoms with van der Waals surface area (Å²) in [4.78, 5) is 30.5. The van der Waals surface area contributed by atoms with E-state index in [-0.39, 0.29) is 17.9 Å². The van der Waals surface area contributed by atoms with E-state index in [1.807, 2.05) is 30.3 Å². The summed E-state index contributed by atoms with van der Waals surface area (Å²) < 4.78 is 8.00. The third-order valence-corrected chi connectivity index (χ3v) is 6.88. The van der Waals surface area contributed by atoms with Crippen LogP contribution in [0.1, 0.15) is 22.3 Å². The number of rotatable bonds is 5. The van der Waals surface area contributed by atoms with E-state index in [4.69, 9.17) is 4.74 Å². The summed E-state index contributed by atoms with van der Waals surface area (Å²) in [5, 5.41) is 4.17. The fourth-order valence-corrected chi connectivity index (χ4v) is 5.33. The normalized spacial score (nSPS) is 28.5. The monoisotopic (exact) mass is 420 g/mol. The molecule has 2 saturated heterocycles. The molecular formula is C24H28N4O3. The number of hydrogen-bond acceptors (Lipinski definition) is 4. The average Bonchev–Trinajstić information content (AvgIpc) is 3.46. The highest BCUT2D eigenvalue weighted by molar-refractivity contribution is 5.93. The molecule has 3 aliphatic heterocycles. The topological polar surface area (TPSA) is 67.7 Å². The van der Waals surface area contributed by atoms with Gasteiger partial charge in [0.15, 0.2) is 0 Å². The van der Waals surface area contributed by atoms with Crippen molar-refractivity contribution in [2.75, 3.05) is 13.6 Å². The van der Waals surface area contributed by atoms with Gasteiger partial charge in [0.05, 0.1) is 30.7 Å². The molecule has 2 bridgehead atoms. The zero-order valence-corrected chi connectivity index (χ0v) is 18.4. The molecule has 162 valence electrons. The van der Waals surface area contributed by atoms with Gasteiger partial charge in [-0.05, 0) is 25.0 Å². The average molecular weight is 421 g/mol. The Kier molecular flexibility index (Phi) is 4.55. The van der Waals surface area contributed by atoms with Crippen LogP contribution >= 0.6 is 0 Å². The summed E-state index contributed by atoms with van der Waals surface area (Å²) in [5.74, 6) is -0.980. The maximum absolute atomic E-state index is 13.5. The first kappa shape index (κ1) is 20.0. The van der Waals surface area contributed by atoms with Gasteiger partial charge in [-0.2, -0.15) is 5.10 Å². The van der Waals surface area contributed by atoms with Crippen molar-refractivity contribution >= 4 is 11.8 Å². The van der Waals surface area contributed by atoms with Crippen molar-refractivity contribution in [1.29, 1.82) is 0 Å². The first-order chi connectivity index (χ1) is 14.8. The van der Waals surface area contributed by atoms with Crippen LogP contribution in [0.4, 0.5) is 0 Å². The summed E-state index contributed by atoms with van der Waals surface area (Å²) in [5.41, 5.74) is 3.75. The molecule has 7 nitrogen and oxygen atoms in total. The number of aryl methyl sites for hydroxylation is 3. The third-order valence-electron chi connectivity index (χ3n) is 6.88. The largest absolute Gasteiger partial charge is 0.360 e. The highest BCUT2D eigenvalue weighted by Crippen LogP contribution is 2.52. The van der Waals surface area contributed by atoms with Gasteiger partial charge in [0.1, 0.15) is 5.60 Å². The maximum atomic E-state index is 13.5. The maximum Gasteiger partial charge on any atom is 0.230 e. The zero-order valence-electron chi connectivity index (χ0n) is 18.4. The van der Waals surface area contributed by atoms with Crippen molar-refractivity contribution in [2.24, 2.45) is 18.9 Å². The molecule has 0 N–H and O–H groups in total. The van der Waals surface area contributed by atoms with Crippen LogP contribution in [0.3, 0.4) is 0 Å². The zero-order chi connectivity index (χ0) is 21.9. The van der Waals surface area contributed by atoms with E-state index in [0.717, 1.165) is 16.7 Å². The second kappa shape index (κ2) is 7.05. The first-order valence-electron chi connectivity index (χ1n) is 10.7. The quantitative estimate of drug-likeness (QED) is 0.694. The molecule has 0 saturated carbocycles. The second-order valence-electron chi connectivity index (χ2n) is 9.24. The van der Waals surface area contributed by atoms with Gasteiger partial charge in [0.2, 0.25) is 11.8 Å². The van der Waals surface area contributed by atoms with Crippen LogP contribution in [-0.2, 0) is 34.5 Å². The SMILES string of the molecule is Cc1ccc(C)c(CN2C[C@@]34C=C[C@@H](O3)C(C(=O)N(C)Cc3cnn(C)c3)C4C2=O)c1. The highest BCUT2D eigenvalue weighted by atomic mass is 16.5. The Bertz CT molecular complexity index is 1090. The molecule has 7 heteroatoms. The molecule has 1 aromatic heterocycles. The summed E-state index contributed by atoms with van der Waals surface area (Å²) in [6, 6.07) is 6.30. The van der Waals surface area contributed by atoms with E-state index in [2.05, 4.69) is 37.1 Å². The molecule has 31 heavy (non-hydrogen) atoms. The van der Waals surface area contributed by atoms with Crippen molar-refractivity contribution in [1.82, 2.24) is 19.6 Å². The predicted molar refractivity (Wildman–Crippen MR) is 115 cm³/mol. The molecule has 0 aliphatic carbocycles. The van der Waals surface area contributed by atoms with E-state index < -0.39 is 17.4 Å². The van der Waals surface area contributed by atoms with Gasteiger partial charge >= 0.3 is 0 Å². The third kappa shape index (κ3) is 3.19. The van der Waals surface area contributed by atoms with Gasteiger partial charge in [-0.15, -0.1) is 0 Å². The number of aromatic nitrogens is 2. The number of hydrogen-bond donors (Lipinski definition) is 0. The number of nitrogens with zero attached hydrogens (tertiary/aromatic N) is 4. The Morgan fingerprint density at radius 2 is 2.16 bits per heavy atom. The standard InChI is InChI=1S/C24H28N4O3/c1-15-5-6-16(2)18(9-15)13-28-14-24-8-7-19(31-24)20(21(24)23(28)30)22(29)26(3)11-17-10-25-27(4)12-17/h5-10,12,19-21H,11,13-14H2,1-4H3/t19-,20?,21?,24-/m1/s1. The Morgan fingerprint density at radius 1 is 1.35 bits per heavy atom. The minimum Gasteiger partial charge on any atom is -0.360 e. The molecule has 2 unspecified atom stereocenters. The highest BCUT2D eigenvalue weighted by Gasteiger charge is 2.67. The lowest BCUT2D eigenvalue weighted by molar-refractivity contribution is -0.142. The first-order valence-corrected chi connectivity index (χ1v) is 10.7. The van der Waals surface area contributed by atoms with Crippen LogP contribution in [0.5, 0.6) is 0 Å². The fraction of sp³-hybridized carbons (Fsp3) is 0.458. The predicted octanol–water partition coefficient (Wildman–Crippen LogP) is 1.98. The van der Waals surface area contributed by atoms with Gasteiger partial charge in [0.25, 0.3) is 0 Å². The van der Waals surface area contributed by atoms with E-state index in [9.17, 15) is 9.59 Å². The van der Waals surface area contributed by atoms with Crippen molar-refractivity contribution in [3.63, 3.8) is 0 Å². The summed E-state index contributed by atoms with van der Waals surface area (Å²) in [6.07, 6.45) is 7.30. The van der Waals surface area contributed by atoms with Gasteiger partial charge < -0.3 is 14.5 Å². The molecule has 3 aliphatic rings. The molecular weight excluding hydrogens is 392 g/mol. The van der Waals surface area contributed by atoms with Gasteiger partial charge in [0, 0.05) is 38.9 Å². The number of carbonyl (C=O) groups is 2. The van der Waals surface area contributed by atoms with Gasteiger partial charge in [-0.25, -0.2) is 0 Å². The van der Waals surface area contributed by atoms with Crippen LogP contribution in [0.15, 0.2) is 42.7 Å². The smallest absolute Gasteiger partial charge is 0.230 e. The van der Waals surface area contributed by atoms with Crippen LogP contribution in [0.2, 0.25) is 0 Å². The Labute approximate surface area is 182 Å². The molecule has 1 spiro atoms. The molecule has 2 fully saturated rings. The summed E-state index contributed by atoms with van der Waals surface area (Å²) >= 11 is 0. The van der Waals surface area contributed by atoms with E-state index >= 15 is 0 Å². The number of benzene rings is 1. The molecule has 1 aromatic carbocycles. The van der Waals surface area contributed by atoms with Crippen molar-refractivity contribution in [3.8, 4) is 0 Å². The van der Waals surface area contributed by atoms with Gasteiger partial charge in [-0.3, -0.25) is 14.3 Å². The summed E-state index contributed by atoms with van der Waals surface area (Å²) in [7, 11) is 3.64. The molecule has 4 atom stereocenters. The molecule has 4 heterocycles. The Balaban J connectivity index is 1.37. The number of ether oxygens (including phenoxy) is 1. The second-order valence-corrected chi connectivity index (χ2v) is 9.24. The van der Waals surface area contributed by atoms with Crippen molar-refractivity contribution in [2.45, 2.75) is 38.6 Å². The minimum atomic E-state index is -0.686. The summed E-state index contributed by atoms with van der Waals surface area (Å²) in [6.45, 7) is 5.62. The Hall–Kier alpha value is -2.93. The van der Waals surface area contributed by atoms with E-state index in [0.29, 0.717) is 19.6 Å². The molecule has 2 amide bonds. The van der Waals surface area contributed by atoms with Crippen LogP contribution in [-0.4, -0.2) is 56.7 Å². The lowest BCUT2D eigenvalue weighted by Crippen LogP contribution is -2.44. The lowest BCUT2D eigenvalue weighted by Gasteiger charge is -2.27. The van der Waals surface area contributed by atoms with Crippen LogP contribution in [0.25, 0.3) is 0 Å². The number of fused-ring (bicyclic) bond motifs is 1. The number of likely N-dealkylation sites (tertiary alicyclic amines) is 1. The van der Waals surface area contributed by atoms with Gasteiger partial charge in [-0.1, -0.05) is 35.9 Å². The van der Waals surface area contributed by atoms with Crippen molar-refractivity contribution in [3.05, 3.63) is 65.0 Å². The van der Waals surface area contributed by atoms with Crippen LogP contribution in [0, 0.1) is 25.7 Å². The lowest BCUT2D eigenvalue weighted by atomic mass is 9.76. The number of carbonyl (C=O) groups excluding carboxylic acids is 2. The molecule has 2 aromatic rings.